The van der Waals surface area contributed by atoms with E-state index in [-0.39, 0.29) is 11.2 Å². The molecule has 4 aromatic rings. The Hall–Kier alpha value is -2.70. The van der Waals surface area contributed by atoms with E-state index < -0.39 is 15.3 Å². The lowest BCUT2D eigenvalue weighted by Gasteiger charge is -2.45. The maximum atomic E-state index is 14.2. The highest BCUT2D eigenvalue weighted by molar-refractivity contribution is 8.01. The molecule has 0 saturated heterocycles. The summed E-state index contributed by atoms with van der Waals surface area (Å²) in [6.07, 6.45) is 0. The van der Waals surface area contributed by atoms with Crippen LogP contribution in [0.2, 0.25) is 0 Å². The van der Waals surface area contributed by atoms with E-state index in [1.807, 2.05) is 49.4 Å². The molecule has 6 heteroatoms. The Bertz CT molecular complexity index is 1440. The van der Waals surface area contributed by atoms with Gasteiger partial charge in [-0.15, -0.1) is 0 Å². The molecule has 3 atom stereocenters. The van der Waals surface area contributed by atoms with Gasteiger partial charge in [-0.1, -0.05) is 78.5 Å². The van der Waals surface area contributed by atoms with Crippen molar-refractivity contribution in [3.8, 4) is 0 Å². The topological polar surface area (TPSA) is 42.3 Å². The second-order valence-corrected chi connectivity index (χ2v) is 11.6. The zero-order valence-electron chi connectivity index (χ0n) is 18.0. The molecule has 2 aliphatic heterocycles. The van der Waals surface area contributed by atoms with Gasteiger partial charge in [-0.25, -0.2) is 8.42 Å². The zero-order chi connectivity index (χ0) is 22.0. The summed E-state index contributed by atoms with van der Waals surface area (Å²) < 4.78 is 32.2. The van der Waals surface area contributed by atoms with Crippen molar-refractivity contribution in [1.29, 1.82) is 0 Å². The molecule has 0 radical (unpaired) electrons. The number of benzene rings is 3. The van der Waals surface area contributed by atoms with Crippen molar-refractivity contribution in [3.05, 3.63) is 95.6 Å². The van der Waals surface area contributed by atoms with Crippen molar-refractivity contribution in [1.82, 2.24) is 4.57 Å². The molecule has 3 unspecified atom stereocenters. The smallest absolute Gasteiger partial charge is 0.240 e. The lowest BCUT2D eigenvalue weighted by molar-refractivity contribution is 0.544. The SMILES string of the molecule is CCN1c2ccccc2C2c3c(n(C)c4ccccc34)SC(c3ccccc3)C2S1(=O)=O. The number of para-hydroxylation sites is 2. The van der Waals surface area contributed by atoms with Crippen molar-refractivity contribution in [2.24, 2.45) is 7.05 Å². The molecule has 0 fully saturated rings. The Kier molecular flexibility index (Phi) is 4.46. The number of rotatable bonds is 2. The molecule has 1 aromatic heterocycles. The lowest BCUT2D eigenvalue weighted by atomic mass is 9.83. The van der Waals surface area contributed by atoms with E-state index in [9.17, 15) is 8.42 Å². The Labute approximate surface area is 192 Å². The highest BCUT2D eigenvalue weighted by Gasteiger charge is 2.54. The van der Waals surface area contributed by atoms with Crippen LogP contribution in [0, 0.1) is 0 Å². The van der Waals surface area contributed by atoms with Crippen LogP contribution in [-0.4, -0.2) is 24.8 Å². The summed E-state index contributed by atoms with van der Waals surface area (Å²) in [4.78, 5) is 0. The molecule has 2 aliphatic rings. The fourth-order valence-electron chi connectivity index (χ4n) is 5.54. The van der Waals surface area contributed by atoms with Crippen molar-refractivity contribution in [3.63, 3.8) is 0 Å². The minimum Gasteiger partial charge on any atom is -0.339 e. The molecular formula is C26H24N2O2S2. The first-order valence-corrected chi connectivity index (χ1v) is 13.3. The summed E-state index contributed by atoms with van der Waals surface area (Å²) in [6, 6.07) is 26.5. The molecular weight excluding hydrogens is 436 g/mol. The van der Waals surface area contributed by atoms with Crippen molar-refractivity contribution in [2.75, 3.05) is 10.8 Å². The van der Waals surface area contributed by atoms with Crippen LogP contribution >= 0.6 is 11.8 Å². The summed E-state index contributed by atoms with van der Waals surface area (Å²) in [7, 11) is -1.49. The van der Waals surface area contributed by atoms with Crippen molar-refractivity contribution in [2.45, 2.75) is 28.4 Å². The standard InChI is InChI=1S/C26H24N2O2S2/c1-3-28-21-16-10-8-14-19(21)22-23-18-13-7-9-15-20(18)27(2)26(23)31-24(25(22)32(28,29)30)17-11-5-4-6-12-17/h4-16,22,24-25H,3H2,1-2H3. The maximum Gasteiger partial charge on any atom is 0.240 e. The molecule has 162 valence electrons. The van der Waals surface area contributed by atoms with Gasteiger partial charge in [0.2, 0.25) is 10.0 Å². The second-order valence-electron chi connectivity index (χ2n) is 8.45. The number of hydrogen-bond donors (Lipinski definition) is 0. The third kappa shape index (κ3) is 2.60. The summed E-state index contributed by atoms with van der Waals surface area (Å²) in [6.45, 7) is 2.35. The summed E-state index contributed by atoms with van der Waals surface area (Å²) in [5, 5.41) is 1.55. The summed E-state index contributed by atoms with van der Waals surface area (Å²) in [5.41, 5.74) is 5.27. The normalized spacial score (nSPS) is 23.4. The van der Waals surface area contributed by atoms with Crippen LogP contribution in [0.25, 0.3) is 10.9 Å². The van der Waals surface area contributed by atoms with Gasteiger partial charge in [0.15, 0.2) is 0 Å². The van der Waals surface area contributed by atoms with Gasteiger partial charge in [0, 0.05) is 36.0 Å². The Balaban J connectivity index is 1.73. The summed E-state index contributed by atoms with van der Waals surface area (Å²) in [5.74, 6) is -0.216. The summed E-state index contributed by atoms with van der Waals surface area (Å²) >= 11 is 1.69. The molecule has 0 spiro atoms. The fraction of sp³-hybridized carbons (Fsp3) is 0.231. The predicted octanol–water partition coefficient (Wildman–Crippen LogP) is 5.70. The van der Waals surface area contributed by atoms with E-state index in [4.69, 9.17) is 0 Å². The second kappa shape index (κ2) is 7.15. The number of anilines is 1. The van der Waals surface area contributed by atoms with Gasteiger partial charge in [-0.05, 0) is 30.2 Å². The van der Waals surface area contributed by atoms with Crippen LogP contribution in [0.3, 0.4) is 0 Å². The molecule has 32 heavy (non-hydrogen) atoms. The van der Waals surface area contributed by atoms with Crippen LogP contribution in [0.15, 0.2) is 83.9 Å². The van der Waals surface area contributed by atoms with Crippen LogP contribution in [0.4, 0.5) is 5.69 Å². The quantitative estimate of drug-likeness (QED) is 0.386. The molecule has 0 bridgehead atoms. The van der Waals surface area contributed by atoms with Gasteiger partial charge in [-0.3, -0.25) is 4.31 Å². The van der Waals surface area contributed by atoms with E-state index >= 15 is 0 Å². The lowest BCUT2D eigenvalue weighted by Crippen LogP contribution is -2.49. The van der Waals surface area contributed by atoms with E-state index in [1.54, 1.807) is 16.1 Å². The Morgan fingerprint density at radius 3 is 2.38 bits per heavy atom. The van der Waals surface area contributed by atoms with Gasteiger partial charge in [0.25, 0.3) is 0 Å². The molecule has 6 rings (SSSR count). The molecule has 0 aliphatic carbocycles. The molecule has 3 aromatic carbocycles. The van der Waals surface area contributed by atoms with Crippen LogP contribution in [0.5, 0.6) is 0 Å². The average Bonchev–Trinajstić information content (AvgIpc) is 3.11. The minimum absolute atomic E-state index is 0.191. The monoisotopic (exact) mass is 460 g/mol. The minimum atomic E-state index is -3.58. The van der Waals surface area contributed by atoms with Gasteiger partial charge in [-0.2, -0.15) is 0 Å². The van der Waals surface area contributed by atoms with E-state index in [1.165, 1.54) is 0 Å². The van der Waals surface area contributed by atoms with Gasteiger partial charge in [0.05, 0.1) is 16.0 Å². The van der Waals surface area contributed by atoms with Gasteiger partial charge >= 0.3 is 0 Å². The largest absolute Gasteiger partial charge is 0.339 e. The third-order valence-electron chi connectivity index (χ3n) is 6.87. The Morgan fingerprint density at radius 1 is 0.906 bits per heavy atom. The van der Waals surface area contributed by atoms with Crippen LogP contribution < -0.4 is 4.31 Å². The number of hydrogen-bond acceptors (Lipinski definition) is 3. The number of sulfonamides is 1. The number of aromatic nitrogens is 1. The first kappa shape index (κ1) is 19.9. The molecule has 0 saturated carbocycles. The first-order chi connectivity index (χ1) is 15.5. The van der Waals surface area contributed by atoms with E-state index in [0.29, 0.717) is 6.54 Å². The van der Waals surface area contributed by atoms with Gasteiger partial charge < -0.3 is 4.57 Å². The van der Waals surface area contributed by atoms with Crippen LogP contribution in [-0.2, 0) is 17.1 Å². The van der Waals surface area contributed by atoms with E-state index in [0.717, 1.165) is 38.3 Å². The zero-order valence-corrected chi connectivity index (χ0v) is 19.6. The highest BCUT2D eigenvalue weighted by atomic mass is 32.2. The Morgan fingerprint density at radius 2 is 1.59 bits per heavy atom. The number of fused-ring (bicyclic) bond motifs is 7. The average molecular weight is 461 g/mol. The predicted molar refractivity (Wildman–Crippen MR) is 132 cm³/mol. The number of thioether (sulfide) groups is 1. The van der Waals surface area contributed by atoms with E-state index in [2.05, 4.69) is 48.0 Å². The maximum absolute atomic E-state index is 14.2. The molecule has 0 amide bonds. The van der Waals surface area contributed by atoms with Crippen molar-refractivity contribution >= 4 is 38.4 Å². The number of nitrogens with zero attached hydrogens (tertiary/aromatic N) is 2. The van der Waals surface area contributed by atoms with Crippen molar-refractivity contribution < 1.29 is 8.42 Å². The molecule has 0 N–H and O–H groups in total. The molecule has 4 nitrogen and oxygen atoms in total. The van der Waals surface area contributed by atoms with Crippen LogP contribution in [0.1, 0.15) is 34.8 Å². The van der Waals surface area contributed by atoms with Gasteiger partial charge in [0.1, 0.15) is 5.25 Å². The number of aryl methyl sites for hydroxylation is 1. The fourth-order valence-corrected chi connectivity index (χ4v) is 9.77. The third-order valence-corrected chi connectivity index (χ3v) is 10.9. The molecule has 3 heterocycles. The first-order valence-electron chi connectivity index (χ1n) is 10.9. The highest BCUT2D eigenvalue weighted by Crippen LogP contribution is 2.60.